The smallest absolute Gasteiger partial charge is 0.292 e. The van der Waals surface area contributed by atoms with E-state index in [-0.39, 0.29) is 18.3 Å². The fourth-order valence-corrected chi connectivity index (χ4v) is 3.23. The zero-order valence-corrected chi connectivity index (χ0v) is 17.9. The summed E-state index contributed by atoms with van der Waals surface area (Å²) in [5, 5.41) is 7.19. The molecule has 1 N–H and O–H groups in total. The van der Waals surface area contributed by atoms with Gasteiger partial charge in [0.15, 0.2) is 11.6 Å². The zero-order chi connectivity index (χ0) is 21.8. The van der Waals surface area contributed by atoms with Crippen LogP contribution in [-0.2, 0) is 13.2 Å². The van der Waals surface area contributed by atoms with Crippen molar-refractivity contribution in [2.75, 3.05) is 5.32 Å². The van der Waals surface area contributed by atoms with Crippen LogP contribution in [0.5, 0.6) is 5.75 Å². The van der Waals surface area contributed by atoms with Crippen molar-refractivity contribution in [1.82, 2.24) is 9.78 Å². The van der Waals surface area contributed by atoms with Gasteiger partial charge in [0.1, 0.15) is 18.1 Å². The van der Waals surface area contributed by atoms with Gasteiger partial charge in [-0.15, -0.1) is 0 Å². The van der Waals surface area contributed by atoms with Crippen LogP contribution in [-0.4, -0.2) is 15.7 Å². The number of hydrogen-bond donors (Lipinski definition) is 1. The maximum absolute atomic E-state index is 12.5. The average molecular weight is 415 g/mol. The summed E-state index contributed by atoms with van der Waals surface area (Å²) in [6.07, 6.45) is 1.84. The Labute approximate surface area is 181 Å². The zero-order valence-electron chi connectivity index (χ0n) is 17.9. The van der Waals surface area contributed by atoms with Crippen molar-refractivity contribution < 1.29 is 13.9 Å². The van der Waals surface area contributed by atoms with Crippen molar-refractivity contribution in [3.05, 3.63) is 101 Å². The van der Waals surface area contributed by atoms with Gasteiger partial charge in [-0.3, -0.25) is 9.48 Å². The summed E-state index contributed by atoms with van der Waals surface area (Å²) in [5.74, 6) is 1.69. The van der Waals surface area contributed by atoms with Crippen LogP contribution < -0.4 is 10.1 Å². The van der Waals surface area contributed by atoms with Gasteiger partial charge in [-0.2, -0.15) is 5.10 Å². The first kappa shape index (κ1) is 20.5. The lowest BCUT2D eigenvalue weighted by molar-refractivity contribution is 0.0992. The predicted octanol–water partition coefficient (Wildman–Crippen LogP) is 5.28. The Morgan fingerprint density at radius 2 is 1.90 bits per heavy atom. The van der Waals surface area contributed by atoms with Crippen LogP contribution in [0.4, 0.5) is 5.82 Å². The third kappa shape index (κ3) is 5.22. The number of carbonyl (C=O) groups is 1. The van der Waals surface area contributed by atoms with E-state index in [1.165, 1.54) is 16.7 Å². The molecule has 0 bridgehead atoms. The molecule has 0 atom stereocenters. The third-order valence-electron chi connectivity index (χ3n) is 5.05. The minimum Gasteiger partial charge on any atom is -0.486 e. The normalized spacial score (nSPS) is 10.8. The van der Waals surface area contributed by atoms with Gasteiger partial charge in [0, 0.05) is 12.3 Å². The lowest BCUT2D eigenvalue weighted by Crippen LogP contribution is -2.12. The van der Waals surface area contributed by atoms with Crippen LogP contribution in [0.25, 0.3) is 0 Å². The molecule has 6 heteroatoms. The molecule has 0 aliphatic carbocycles. The molecule has 2 aromatic carbocycles. The SMILES string of the molecule is Cc1cccc(Cn2ccc(NC(=O)c3ccc(COc4ccc(C)c(C)c4)o3)n2)c1. The highest BCUT2D eigenvalue weighted by atomic mass is 16.5. The maximum atomic E-state index is 12.5. The Hall–Kier alpha value is -3.80. The van der Waals surface area contributed by atoms with E-state index >= 15 is 0 Å². The molecule has 0 saturated heterocycles. The minimum atomic E-state index is -0.349. The second-order valence-corrected chi connectivity index (χ2v) is 7.64. The summed E-state index contributed by atoms with van der Waals surface area (Å²) in [6, 6.07) is 19.3. The highest BCUT2D eigenvalue weighted by Crippen LogP contribution is 2.19. The van der Waals surface area contributed by atoms with Crippen LogP contribution in [0.15, 0.2) is 71.3 Å². The first-order chi connectivity index (χ1) is 15.0. The number of ether oxygens (including phenoxy) is 1. The summed E-state index contributed by atoms with van der Waals surface area (Å²) in [4.78, 5) is 12.5. The molecular formula is C25H25N3O3. The molecule has 31 heavy (non-hydrogen) atoms. The van der Waals surface area contributed by atoms with Gasteiger partial charge in [0.05, 0.1) is 6.54 Å². The standard InChI is InChI=1S/C25H25N3O3/c1-17-5-4-6-20(13-17)15-28-12-11-24(27-28)26-25(29)23-10-9-22(31-23)16-30-21-8-7-18(2)19(3)14-21/h4-14H,15-16H2,1-3H3,(H,26,27,29). The van der Waals surface area contributed by atoms with E-state index < -0.39 is 0 Å². The molecule has 0 saturated carbocycles. The van der Waals surface area contributed by atoms with Gasteiger partial charge in [0.25, 0.3) is 5.91 Å². The molecule has 0 aliphatic heterocycles. The van der Waals surface area contributed by atoms with Gasteiger partial charge < -0.3 is 14.5 Å². The highest BCUT2D eigenvalue weighted by molar-refractivity contribution is 6.01. The number of aromatic nitrogens is 2. The maximum Gasteiger partial charge on any atom is 0.292 e. The summed E-state index contributed by atoms with van der Waals surface area (Å²) >= 11 is 0. The van der Waals surface area contributed by atoms with E-state index in [0.29, 0.717) is 18.1 Å². The molecule has 2 aromatic heterocycles. The van der Waals surface area contributed by atoms with Crippen molar-refractivity contribution in [2.24, 2.45) is 0 Å². The van der Waals surface area contributed by atoms with E-state index in [4.69, 9.17) is 9.15 Å². The molecule has 6 nitrogen and oxygen atoms in total. The van der Waals surface area contributed by atoms with E-state index in [0.717, 1.165) is 11.3 Å². The van der Waals surface area contributed by atoms with E-state index in [1.54, 1.807) is 22.9 Å². The number of nitrogens with one attached hydrogen (secondary N) is 1. The number of furan rings is 1. The first-order valence-corrected chi connectivity index (χ1v) is 10.2. The Morgan fingerprint density at radius 3 is 2.71 bits per heavy atom. The molecule has 0 radical (unpaired) electrons. The fourth-order valence-electron chi connectivity index (χ4n) is 3.23. The van der Waals surface area contributed by atoms with Crippen LogP contribution in [0.1, 0.15) is 38.6 Å². The number of rotatable bonds is 7. The Morgan fingerprint density at radius 1 is 1.03 bits per heavy atom. The van der Waals surface area contributed by atoms with Crippen molar-refractivity contribution in [1.29, 1.82) is 0 Å². The Balaban J connectivity index is 1.33. The molecular weight excluding hydrogens is 390 g/mol. The van der Waals surface area contributed by atoms with Crippen LogP contribution in [0, 0.1) is 20.8 Å². The topological polar surface area (TPSA) is 69.3 Å². The molecule has 4 aromatic rings. The van der Waals surface area contributed by atoms with Crippen LogP contribution in [0.2, 0.25) is 0 Å². The lowest BCUT2D eigenvalue weighted by atomic mass is 10.1. The number of carbonyl (C=O) groups excluding carboxylic acids is 1. The fraction of sp³-hybridized carbons (Fsp3) is 0.200. The molecule has 0 aliphatic rings. The molecule has 0 unspecified atom stereocenters. The summed E-state index contributed by atoms with van der Waals surface area (Å²) in [5.41, 5.74) is 4.73. The van der Waals surface area contributed by atoms with Crippen LogP contribution in [0.3, 0.4) is 0 Å². The van der Waals surface area contributed by atoms with Gasteiger partial charge in [-0.25, -0.2) is 0 Å². The van der Waals surface area contributed by atoms with Gasteiger partial charge in [-0.05, 0) is 61.7 Å². The predicted molar refractivity (Wildman–Crippen MR) is 119 cm³/mol. The van der Waals surface area contributed by atoms with Gasteiger partial charge in [-0.1, -0.05) is 35.9 Å². The summed E-state index contributed by atoms with van der Waals surface area (Å²) < 4.78 is 13.2. The highest BCUT2D eigenvalue weighted by Gasteiger charge is 2.13. The first-order valence-electron chi connectivity index (χ1n) is 10.2. The quantitative estimate of drug-likeness (QED) is 0.446. The number of amides is 1. The summed E-state index contributed by atoms with van der Waals surface area (Å²) in [6.45, 7) is 7.05. The third-order valence-corrected chi connectivity index (χ3v) is 5.05. The van der Waals surface area contributed by atoms with Crippen molar-refractivity contribution in [3.63, 3.8) is 0 Å². The second-order valence-electron chi connectivity index (χ2n) is 7.64. The largest absolute Gasteiger partial charge is 0.486 e. The second kappa shape index (κ2) is 8.92. The van der Waals surface area contributed by atoms with Crippen LogP contribution >= 0.6 is 0 Å². The van der Waals surface area contributed by atoms with Crippen molar-refractivity contribution in [2.45, 2.75) is 33.9 Å². The van der Waals surface area contributed by atoms with Crippen molar-refractivity contribution >= 4 is 11.7 Å². The molecule has 0 spiro atoms. The molecule has 4 rings (SSSR count). The molecule has 0 fully saturated rings. The Kier molecular flexibility index (Phi) is 5.89. The van der Waals surface area contributed by atoms with Crippen molar-refractivity contribution in [3.8, 4) is 5.75 Å². The summed E-state index contributed by atoms with van der Waals surface area (Å²) in [7, 11) is 0. The number of hydrogen-bond acceptors (Lipinski definition) is 4. The number of aryl methyl sites for hydroxylation is 3. The monoisotopic (exact) mass is 415 g/mol. The molecule has 158 valence electrons. The van der Waals surface area contributed by atoms with Gasteiger partial charge in [0.2, 0.25) is 0 Å². The van der Waals surface area contributed by atoms with E-state index in [9.17, 15) is 4.79 Å². The molecule has 1 amide bonds. The lowest BCUT2D eigenvalue weighted by Gasteiger charge is -2.06. The van der Waals surface area contributed by atoms with E-state index in [1.807, 2.05) is 37.4 Å². The number of anilines is 1. The molecule has 2 heterocycles. The average Bonchev–Trinajstić information content (AvgIpc) is 3.38. The van der Waals surface area contributed by atoms with Gasteiger partial charge >= 0.3 is 0 Å². The van der Waals surface area contributed by atoms with E-state index in [2.05, 4.69) is 42.5 Å². The minimum absolute atomic E-state index is 0.215. The Bertz CT molecular complexity index is 1210. The number of benzene rings is 2. The number of nitrogens with zero attached hydrogens (tertiary/aromatic N) is 2.